The number of aliphatic hydroxyl groups excluding tert-OH is 1. The van der Waals surface area contributed by atoms with Gasteiger partial charge in [-0.1, -0.05) is 26.0 Å². The summed E-state index contributed by atoms with van der Waals surface area (Å²) in [4.78, 5) is 16.7. The van der Waals surface area contributed by atoms with Crippen molar-refractivity contribution in [2.75, 3.05) is 37.8 Å². The van der Waals surface area contributed by atoms with Gasteiger partial charge in [-0.25, -0.2) is 0 Å². The molecule has 7 heteroatoms. The Morgan fingerprint density at radius 1 is 1.03 bits per heavy atom. The number of nitrogens with zero attached hydrogens (tertiary/aromatic N) is 3. The summed E-state index contributed by atoms with van der Waals surface area (Å²) in [6.07, 6.45) is 0.908. The third-order valence-electron chi connectivity index (χ3n) is 5.65. The lowest BCUT2D eigenvalue weighted by Crippen LogP contribution is -2.45. The van der Waals surface area contributed by atoms with Crippen molar-refractivity contribution in [1.82, 2.24) is 9.80 Å². The highest BCUT2D eigenvalue weighted by Crippen LogP contribution is 2.33. The fraction of sp³-hybridized carbons (Fsp3) is 0.435. The van der Waals surface area contributed by atoms with Gasteiger partial charge in [0.15, 0.2) is 0 Å². The molecule has 0 saturated carbocycles. The highest BCUT2D eigenvalue weighted by Gasteiger charge is 2.17. The van der Waals surface area contributed by atoms with Crippen molar-refractivity contribution in [3.05, 3.63) is 53.1 Å². The normalized spacial score (nSPS) is 14.9. The SMILES string of the molecule is CC(C)c1cc(CN(CO)c2ccc(CN3CCN(C=O)CC3)cc2)c(O)cc1O. The first-order chi connectivity index (χ1) is 14.4. The average Bonchev–Trinajstić information content (AvgIpc) is 2.74. The van der Waals surface area contributed by atoms with Gasteiger partial charge in [-0.2, -0.15) is 0 Å². The molecule has 3 N–H and O–H groups in total. The maximum absolute atomic E-state index is 10.8. The van der Waals surface area contributed by atoms with Crippen LogP contribution in [0.25, 0.3) is 0 Å². The number of carbonyl (C=O) groups excluding carboxylic acids is 1. The third-order valence-corrected chi connectivity index (χ3v) is 5.65. The summed E-state index contributed by atoms with van der Waals surface area (Å²) in [5, 5.41) is 30.2. The number of phenolic OH excluding ortho intramolecular Hbond substituents is 2. The van der Waals surface area contributed by atoms with Crippen LogP contribution in [0.5, 0.6) is 11.5 Å². The highest BCUT2D eigenvalue weighted by atomic mass is 16.3. The molecule has 1 aliphatic rings. The van der Waals surface area contributed by atoms with Gasteiger partial charge in [0.1, 0.15) is 18.2 Å². The van der Waals surface area contributed by atoms with Crippen LogP contribution >= 0.6 is 0 Å². The molecule has 0 spiro atoms. The highest BCUT2D eigenvalue weighted by molar-refractivity contribution is 5.52. The lowest BCUT2D eigenvalue weighted by atomic mass is 9.98. The molecule has 2 aromatic carbocycles. The second kappa shape index (κ2) is 9.82. The van der Waals surface area contributed by atoms with Crippen LogP contribution in [0.3, 0.4) is 0 Å². The van der Waals surface area contributed by atoms with E-state index < -0.39 is 0 Å². The molecular weight excluding hydrogens is 382 g/mol. The number of carbonyl (C=O) groups is 1. The average molecular weight is 414 g/mol. The molecule has 1 aliphatic heterocycles. The minimum Gasteiger partial charge on any atom is -0.508 e. The van der Waals surface area contributed by atoms with Gasteiger partial charge < -0.3 is 25.1 Å². The van der Waals surface area contributed by atoms with E-state index in [0.29, 0.717) is 12.1 Å². The van der Waals surface area contributed by atoms with Crippen molar-refractivity contribution < 1.29 is 20.1 Å². The van der Waals surface area contributed by atoms with E-state index in [0.717, 1.165) is 50.4 Å². The quantitative estimate of drug-likeness (QED) is 0.455. The molecule has 1 saturated heterocycles. The number of hydrogen-bond acceptors (Lipinski definition) is 6. The van der Waals surface area contributed by atoms with E-state index in [2.05, 4.69) is 4.90 Å². The topological polar surface area (TPSA) is 87.5 Å². The van der Waals surface area contributed by atoms with Crippen molar-refractivity contribution >= 4 is 12.1 Å². The van der Waals surface area contributed by atoms with Gasteiger partial charge >= 0.3 is 0 Å². The van der Waals surface area contributed by atoms with Crippen LogP contribution in [0.1, 0.15) is 36.5 Å². The van der Waals surface area contributed by atoms with E-state index in [1.54, 1.807) is 15.9 Å². The predicted molar refractivity (Wildman–Crippen MR) is 116 cm³/mol. The number of rotatable bonds is 8. The van der Waals surface area contributed by atoms with Crippen LogP contribution in [0.4, 0.5) is 5.69 Å². The van der Waals surface area contributed by atoms with Crippen LogP contribution in [0, 0.1) is 0 Å². The second-order valence-corrected chi connectivity index (χ2v) is 8.12. The van der Waals surface area contributed by atoms with E-state index >= 15 is 0 Å². The molecule has 1 amide bonds. The summed E-state index contributed by atoms with van der Waals surface area (Å²) in [5.41, 5.74) is 3.45. The molecule has 0 bridgehead atoms. The minimum absolute atomic E-state index is 0.0152. The van der Waals surface area contributed by atoms with Crippen LogP contribution in [-0.2, 0) is 17.9 Å². The molecule has 2 aromatic rings. The van der Waals surface area contributed by atoms with Crippen molar-refractivity contribution in [1.29, 1.82) is 0 Å². The molecule has 0 aliphatic carbocycles. The number of aromatic hydroxyl groups is 2. The molecule has 1 heterocycles. The fourth-order valence-corrected chi connectivity index (χ4v) is 3.76. The molecule has 7 nitrogen and oxygen atoms in total. The van der Waals surface area contributed by atoms with Gasteiger partial charge in [-0.05, 0) is 35.2 Å². The van der Waals surface area contributed by atoms with E-state index in [-0.39, 0.29) is 24.1 Å². The molecule has 0 unspecified atom stereocenters. The monoisotopic (exact) mass is 413 g/mol. The van der Waals surface area contributed by atoms with Gasteiger partial charge in [-0.3, -0.25) is 9.69 Å². The zero-order valence-electron chi connectivity index (χ0n) is 17.7. The molecule has 3 rings (SSSR count). The molecule has 0 atom stereocenters. The van der Waals surface area contributed by atoms with E-state index in [1.165, 1.54) is 11.6 Å². The van der Waals surface area contributed by atoms with Crippen LogP contribution in [-0.4, -0.2) is 64.4 Å². The first-order valence-corrected chi connectivity index (χ1v) is 10.3. The first kappa shape index (κ1) is 21.9. The number of amides is 1. The summed E-state index contributed by atoms with van der Waals surface area (Å²) < 4.78 is 0. The zero-order chi connectivity index (χ0) is 21.7. The van der Waals surface area contributed by atoms with Crippen LogP contribution in [0.2, 0.25) is 0 Å². The van der Waals surface area contributed by atoms with Gasteiger partial charge in [0.05, 0.1) is 0 Å². The molecule has 0 radical (unpaired) electrons. The van der Waals surface area contributed by atoms with Gasteiger partial charge in [0.2, 0.25) is 6.41 Å². The Morgan fingerprint density at radius 2 is 1.70 bits per heavy atom. The Kier molecular flexibility index (Phi) is 7.18. The molecule has 1 fully saturated rings. The Balaban J connectivity index is 1.67. The largest absolute Gasteiger partial charge is 0.508 e. The summed E-state index contributed by atoms with van der Waals surface area (Å²) in [7, 11) is 0. The molecule has 162 valence electrons. The number of phenols is 2. The Morgan fingerprint density at radius 3 is 2.27 bits per heavy atom. The first-order valence-electron chi connectivity index (χ1n) is 10.3. The smallest absolute Gasteiger partial charge is 0.209 e. The predicted octanol–water partition coefficient (Wildman–Crippen LogP) is 2.45. The van der Waals surface area contributed by atoms with Crippen molar-refractivity contribution in [2.24, 2.45) is 0 Å². The number of piperazine rings is 1. The number of benzene rings is 2. The van der Waals surface area contributed by atoms with Crippen molar-refractivity contribution in [2.45, 2.75) is 32.9 Å². The third kappa shape index (κ3) is 5.23. The maximum Gasteiger partial charge on any atom is 0.209 e. The van der Waals surface area contributed by atoms with E-state index in [4.69, 9.17) is 0 Å². The number of anilines is 1. The fourth-order valence-electron chi connectivity index (χ4n) is 3.76. The van der Waals surface area contributed by atoms with E-state index in [1.807, 2.05) is 38.1 Å². The maximum atomic E-state index is 10.8. The zero-order valence-corrected chi connectivity index (χ0v) is 17.7. The number of aliphatic hydroxyl groups is 1. The summed E-state index contributed by atoms with van der Waals surface area (Å²) in [5.74, 6) is 0.223. The Labute approximate surface area is 177 Å². The molecular formula is C23H31N3O4. The number of hydrogen-bond donors (Lipinski definition) is 3. The van der Waals surface area contributed by atoms with Gasteiger partial charge in [0, 0.05) is 56.6 Å². The van der Waals surface area contributed by atoms with Crippen LogP contribution in [0.15, 0.2) is 36.4 Å². The Bertz CT molecular complexity index is 846. The van der Waals surface area contributed by atoms with Crippen LogP contribution < -0.4 is 4.90 Å². The molecule has 30 heavy (non-hydrogen) atoms. The summed E-state index contributed by atoms with van der Waals surface area (Å²) >= 11 is 0. The summed E-state index contributed by atoms with van der Waals surface area (Å²) in [6, 6.07) is 11.2. The lowest BCUT2D eigenvalue weighted by molar-refractivity contribution is -0.119. The van der Waals surface area contributed by atoms with E-state index in [9.17, 15) is 20.1 Å². The molecule has 0 aromatic heterocycles. The lowest BCUT2D eigenvalue weighted by Gasteiger charge is -2.32. The van der Waals surface area contributed by atoms with Gasteiger partial charge in [-0.15, -0.1) is 0 Å². The van der Waals surface area contributed by atoms with Crippen molar-refractivity contribution in [3.63, 3.8) is 0 Å². The standard InChI is InChI=1S/C23H31N3O4/c1-17(2)21-11-19(22(29)12-23(21)30)14-26(16-28)20-5-3-18(4-6-20)13-24-7-9-25(15-27)10-8-24/h3-6,11-12,15,17,28-30H,7-10,13-14,16H2,1-2H3. The summed E-state index contributed by atoms with van der Waals surface area (Å²) in [6.45, 7) is 8.17. The minimum atomic E-state index is -0.190. The Hall–Kier alpha value is -2.77. The van der Waals surface area contributed by atoms with Gasteiger partial charge in [0.25, 0.3) is 0 Å². The van der Waals surface area contributed by atoms with Crippen molar-refractivity contribution in [3.8, 4) is 11.5 Å². The second-order valence-electron chi connectivity index (χ2n) is 8.12.